The molecule has 0 N–H and O–H groups in total. The third kappa shape index (κ3) is 3.12. The van der Waals surface area contributed by atoms with E-state index in [1.54, 1.807) is 36.4 Å². The number of hydrogen-bond acceptors (Lipinski definition) is 6. The summed E-state index contributed by atoms with van der Waals surface area (Å²) in [5.41, 5.74) is 2.71. The number of imide groups is 1. The monoisotopic (exact) mass is 446 g/mol. The number of fused-ring (bicyclic) bond motifs is 3. The third-order valence-electron chi connectivity index (χ3n) is 7.39. The van der Waals surface area contributed by atoms with Gasteiger partial charge >= 0.3 is 0 Å². The second-order valence-corrected chi connectivity index (χ2v) is 9.07. The van der Waals surface area contributed by atoms with Gasteiger partial charge in [-0.15, -0.1) is 0 Å². The van der Waals surface area contributed by atoms with Gasteiger partial charge in [-0.1, -0.05) is 12.1 Å². The van der Waals surface area contributed by atoms with Crippen molar-refractivity contribution in [3.8, 4) is 5.88 Å². The molecule has 1 aromatic carbocycles. The van der Waals surface area contributed by atoms with Crippen molar-refractivity contribution in [1.29, 1.82) is 0 Å². The number of nitrogens with zero attached hydrogens (tertiary/aromatic N) is 4. The molecule has 2 fully saturated rings. The Morgan fingerprint density at radius 3 is 2.58 bits per heavy atom. The summed E-state index contributed by atoms with van der Waals surface area (Å²) < 4.78 is 19.8. The number of benzene rings is 1. The number of carbonyl (C=O) groups is 2. The van der Waals surface area contributed by atoms with Crippen LogP contribution in [0.1, 0.15) is 32.7 Å². The smallest absolute Gasteiger partial charge is 0.261 e. The second-order valence-electron chi connectivity index (χ2n) is 9.07. The lowest BCUT2D eigenvalue weighted by atomic mass is 9.70. The lowest BCUT2D eigenvalue weighted by Crippen LogP contribution is -2.54. The van der Waals surface area contributed by atoms with E-state index in [1.165, 1.54) is 18.2 Å². The van der Waals surface area contributed by atoms with Crippen LogP contribution >= 0.6 is 0 Å². The zero-order valence-electron chi connectivity index (χ0n) is 18.2. The van der Waals surface area contributed by atoms with Crippen molar-refractivity contribution in [3.63, 3.8) is 0 Å². The number of likely N-dealkylation sites (tertiary alicyclic amines) is 1. The molecule has 6 rings (SSSR count). The molecule has 1 saturated carbocycles. The molecule has 2 amide bonds. The predicted octanol–water partition coefficient (Wildman–Crippen LogP) is 2.94. The maximum absolute atomic E-state index is 14.6. The Labute approximate surface area is 190 Å². The first kappa shape index (κ1) is 20.2. The van der Waals surface area contributed by atoms with Crippen LogP contribution < -0.4 is 4.74 Å². The number of aromatic nitrogens is 2. The van der Waals surface area contributed by atoms with Gasteiger partial charge in [0.2, 0.25) is 5.88 Å². The van der Waals surface area contributed by atoms with Gasteiger partial charge < -0.3 is 9.64 Å². The molecule has 168 valence electrons. The van der Waals surface area contributed by atoms with Gasteiger partial charge in [-0.05, 0) is 42.9 Å². The number of rotatable bonds is 5. The Balaban J connectivity index is 1.16. The fraction of sp³-hybridized carbons (Fsp3) is 0.360. The maximum atomic E-state index is 14.6. The van der Waals surface area contributed by atoms with E-state index in [1.807, 2.05) is 0 Å². The highest BCUT2D eigenvalue weighted by Crippen LogP contribution is 2.45. The lowest BCUT2D eigenvalue weighted by molar-refractivity contribution is 0.0271. The summed E-state index contributed by atoms with van der Waals surface area (Å²) in [5, 5.41) is 0. The molecule has 3 atom stereocenters. The number of ether oxygens (including phenoxy) is 1. The SMILES string of the molecule is COc1ccc2ncc(F)c(CCN3CC4CC(N5C(=O)c6ccccc6C5=O)C4C3)c2n1. The molecule has 3 unspecified atom stereocenters. The Kier molecular flexibility index (Phi) is 4.65. The van der Waals surface area contributed by atoms with Crippen LogP contribution in [0.2, 0.25) is 0 Å². The van der Waals surface area contributed by atoms with Crippen LogP contribution in [0.3, 0.4) is 0 Å². The van der Waals surface area contributed by atoms with Crippen LogP contribution in [0.5, 0.6) is 5.88 Å². The normalized spacial score (nSPS) is 24.2. The first-order valence-electron chi connectivity index (χ1n) is 11.2. The average molecular weight is 446 g/mol. The highest BCUT2D eigenvalue weighted by molar-refractivity contribution is 6.21. The second kappa shape index (κ2) is 7.59. The minimum Gasteiger partial charge on any atom is -0.481 e. The maximum Gasteiger partial charge on any atom is 0.261 e. The van der Waals surface area contributed by atoms with Gasteiger partial charge in [0.15, 0.2) is 0 Å². The van der Waals surface area contributed by atoms with Crippen LogP contribution in [-0.2, 0) is 6.42 Å². The van der Waals surface area contributed by atoms with Crippen LogP contribution in [0.4, 0.5) is 4.39 Å². The van der Waals surface area contributed by atoms with Crippen LogP contribution in [-0.4, -0.2) is 64.4 Å². The fourth-order valence-corrected chi connectivity index (χ4v) is 5.65. The summed E-state index contributed by atoms with van der Waals surface area (Å²) in [6.45, 7) is 2.37. The highest BCUT2D eigenvalue weighted by atomic mass is 19.1. The molecule has 3 aliphatic rings. The summed E-state index contributed by atoms with van der Waals surface area (Å²) >= 11 is 0. The van der Waals surface area contributed by atoms with Crippen molar-refractivity contribution >= 4 is 22.8 Å². The lowest BCUT2D eigenvalue weighted by Gasteiger charge is -2.43. The van der Waals surface area contributed by atoms with Gasteiger partial charge in [0.05, 0.1) is 35.5 Å². The molecule has 2 aromatic heterocycles. The molecule has 3 aromatic rings. The minimum absolute atomic E-state index is 0.0585. The first-order valence-corrected chi connectivity index (χ1v) is 11.2. The van der Waals surface area contributed by atoms with Gasteiger partial charge in [0.1, 0.15) is 5.82 Å². The van der Waals surface area contributed by atoms with Gasteiger partial charge in [0, 0.05) is 37.3 Å². The zero-order valence-corrected chi connectivity index (χ0v) is 18.2. The van der Waals surface area contributed by atoms with Crippen molar-refractivity contribution in [1.82, 2.24) is 19.8 Å². The standard InChI is InChI=1S/C25H23FN4O3/c1-33-22-7-6-20-23(28-22)17(19(26)11-27-20)8-9-29-12-14-10-21(18(14)13-29)30-24(31)15-4-2-3-5-16(15)25(30)32/h2-7,11,14,18,21H,8-10,12-13H2,1H3. The number of hydrogen-bond donors (Lipinski definition) is 0. The first-order chi connectivity index (χ1) is 16.0. The van der Waals surface area contributed by atoms with Crippen LogP contribution in [0.15, 0.2) is 42.6 Å². The molecule has 8 heteroatoms. The Morgan fingerprint density at radius 1 is 1.09 bits per heavy atom. The average Bonchev–Trinajstić information content (AvgIpc) is 3.28. The molecule has 0 spiro atoms. The Bertz CT molecular complexity index is 1260. The number of amides is 2. The third-order valence-corrected chi connectivity index (χ3v) is 7.39. The number of carbonyl (C=O) groups excluding carboxylic acids is 2. The van der Waals surface area contributed by atoms with Crippen molar-refractivity contribution in [2.75, 3.05) is 26.7 Å². The minimum atomic E-state index is -0.366. The van der Waals surface area contributed by atoms with E-state index in [9.17, 15) is 14.0 Å². The molecule has 4 heterocycles. The quantitative estimate of drug-likeness (QED) is 0.561. The summed E-state index contributed by atoms with van der Waals surface area (Å²) in [4.78, 5) is 38.1. The molecule has 33 heavy (non-hydrogen) atoms. The molecular formula is C25H23FN4O3. The van der Waals surface area contributed by atoms with Gasteiger partial charge in [-0.25, -0.2) is 9.37 Å². The number of halogens is 1. The molecule has 0 bridgehead atoms. The predicted molar refractivity (Wildman–Crippen MR) is 119 cm³/mol. The van der Waals surface area contributed by atoms with E-state index in [-0.39, 0.29) is 29.6 Å². The van der Waals surface area contributed by atoms with Gasteiger partial charge in [-0.3, -0.25) is 19.5 Å². The summed E-state index contributed by atoms with van der Waals surface area (Å²) in [5.74, 6) is 0.431. The molecule has 1 aliphatic carbocycles. The van der Waals surface area contributed by atoms with Crippen molar-refractivity contribution < 1.29 is 18.7 Å². The molecule has 1 saturated heterocycles. The van der Waals surface area contributed by atoms with E-state index in [0.29, 0.717) is 52.5 Å². The van der Waals surface area contributed by atoms with Crippen LogP contribution in [0, 0.1) is 17.7 Å². The highest BCUT2D eigenvalue weighted by Gasteiger charge is 2.54. The van der Waals surface area contributed by atoms with E-state index < -0.39 is 0 Å². The summed E-state index contributed by atoms with van der Waals surface area (Å²) in [7, 11) is 1.53. The van der Waals surface area contributed by atoms with Gasteiger partial charge in [0.25, 0.3) is 11.8 Å². The summed E-state index contributed by atoms with van der Waals surface area (Å²) in [6.07, 6.45) is 2.58. The molecule has 7 nitrogen and oxygen atoms in total. The van der Waals surface area contributed by atoms with Crippen molar-refractivity contribution in [2.24, 2.45) is 11.8 Å². The summed E-state index contributed by atoms with van der Waals surface area (Å²) in [6, 6.07) is 10.5. The number of pyridine rings is 2. The van der Waals surface area contributed by atoms with Crippen molar-refractivity contribution in [3.05, 3.63) is 65.1 Å². The van der Waals surface area contributed by atoms with Crippen LogP contribution in [0.25, 0.3) is 11.0 Å². The van der Waals surface area contributed by atoms with E-state index in [0.717, 1.165) is 19.5 Å². The number of methoxy groups -OCH3 is 1. The topological polar surface area (TPSA) is 75.6 Å². The van der Waals surface area contributed by atoms with E-state index >= 15 is 0 Å². The Morgan fingerprint density at radius 2 is 1.85 bits per heavy atom. The van der Waals surface area contributed by atoms with Crippen molar-refractivity contribution in [2.45, 2.75) is 18.9 Å². The largest absolute Gasteiger partial charge is 0.481 e. The van der Waals surface area contributed by atoms with E-state index in [2.05, 4.69) is 14.9 Å². The molecular weight excluding hydrogens is 423 g/mol. The zero-order chi connectivity index (χ0) is 22.7. The van der Waals surface area contributed by atoms with Gasteiger partial charge in [-0.2, -0.15) is 0 Å². The molecule has 2 aliphatic heterocycles. The molecule has 0 radical (unpaired) electrons. The Hall–Kier alpha value is -3.39. The fourth-order valence-electron chi connectivity index (χ4n) is 5.65. The van der Waals surface area contributed by atoms with E-state index in [4.69, 9.17) is 4.74 Å².